The Kier molecular flexibility index (Phi) is 7.14. The summed E-state index contributed by atoms with van der Waals surface area (Å²) in [5, 5.41) is 6.52. The highest BCUT2D eigenvalue weighted by molar-refractivity contribution is 5.39. The maximum atomic E-state index is 4.42. The van der Waals surface area contributed by atoms with Gasteiger partial charge in [-0.2, -0.15) is 4.98 Å². The lowest BCUT2D eigenvalue weighted by Gasteiger charge is -2.12. The summed E-state index contributed by atoms with van der Waals surface area (Å²) >= 11 is 0. The molecule has 0 aliphatic carbocycles. The first-order valence-corrected chi connectivity index (χ1v) is 6.68. The molecule has 0 spiro atoms. The summed E-state index contributed by atoms with van der Waals surface area (Å²) in [5.41, 5.74) is 0. The van der Waals surface area contributed by atoms with Gasteiger partial charge in [-0.1, -0.05) is 0 Å². The van der Waals surface area contributed by atoms with Gasteiger partial charge in [0.25, 0.3) is 0 Å². The molecule has 108 valence electrons. The SMILES string of the molecule is CN(C)CCCNc1ccnc(NCCN(C)C)n1. The molecule has 1 aromatic rings. The molecule has 0 bridgehead atoms. The Balaban J connectivity index is 2.31. The summed E-state index contributed by atoms with van der Waals surface area (Å²) in [6.07, 6.45) is 2.87. The standard InChI is InChI=1S/C13H26N6/c1-18(2)10-5-7-14-12-6-8-15-13(17-12)16-9-11-19(3)4/h6,8H,5,7,9-11H2,1-4H3,(H2,14,15,16,17). The van der Waals surface area contributed by atoms with Crippen LogP contribution in [0.25, 0.3) is 0 Å². The normalized spacial score (nSPS) is 11.1. The second kappa shape index (κ2) is 8.66. The molecule has 0 amide bonds. The van der Waals surface area contributed by atoms with E-state index in [0.717, 1.165) is 38.4 Å². The highest BCUT2D eigenvalue weighted by Crippen LogP contribution is 2.05. The van der Waals surface area contributed by atoms with Gasteiger partial charge >= 0.3 is 0 Å². The molecule has 19 heavy (non-hydrogen) atoms. The zero-order valence-electron chi connectivity index (χ0n) is 12.5. The van der Waals surface area contributed by atoms with E-state index in [2.05, 4.69) is 44.5 Å². The number of likely N-dealkylation sites (N-methyl/N-ethyl adjacent to an activating group) is 1. The lowest BCUT2D eigenvalue weighted by Crippen LogP contribution is -2.21. The van der Waals surface area contributed by atoms with Crippen LogP contribution in [0.15, 0.2) is 12.3 Å². The van der Waals surface area contributed by atoms with Crippen molar-refractivity contribution in [2.75, 3.05) is 65.0 Å². The molecule has 0 radical (unpaired) electrons. The van der Waals surface area contributed by atoms with E-state index >= 15 is 0 Å². The molecule has 0 saturated heterocycles. The Morgan fingerprint density at radius 2 is 1.74 bits per heavy atom. The molecular weight excluding hydrogens is 240 g/mol. The highest BCUT2D eigenvalue weighted by atomic mass is 15.2. The van der Waals surface area contributed by atoms with Crippen LogP contribution >= 0.6 is 0 Å². The van der Waals surface area contributed by atoms with E-state index in [4.69, 9.17) is 0 Å². The van der Waals surface area contributed by atoms with E-state index in [-0.39, 0.29) is 0 Å². The fourth-order valence-electron chi connectivity index (χ4n) is 1.55. The van der Waals surface area contributed by atoms with Gasteiger partial charge in [0, 0.05) is 25.8 Å². The Bertz CT molecular complexity index is 353. The van der Waals surface area contributed by atoms with Crippen LogP contribution in [0.2, 0.25) is 0 Å². The third kappa shape index (κ3) is 7.58. The van der Waals surface area contributed by atoms with E-state index in [1.54, 1.807) is 6.20 Å². The molecule has 0 saturated carbocycles. The van der Waals surface area contributed by atoms with Gasteiger partial charge in [0.05, 0.1) is 0 Å². The average Bonchev–Trinajstić information content (AvgIpc) is 2.34. The second-order valence-corrected chi connectivity index (χ2v) is 5.08. The predicted octanol–water partition coefficient (Wildman–Crippen LogP) is 0.814. The van der Waals surface area contributed by atoms with Crippen molar-refractivity contribution in [3.8, 4) is 0 Å². The molecule has 6 nitrogen and oxygen atoms in total. The van der Waals surface area contributed by atoms with Crippen LogP contribution < -0.4 is 10.6 Å². The quantitative estimate of drug-likeness (QED) is 0.645. The molecule has 1 rings (SSSR count). The van der Waals surface area contributed by atoms with Crippen LogP contribution in [0.3, 0.4) is 0 Å². The summed E-state index contributed by atoms with van der Waals surface area (Å²) in [4.78, 5) is 12.9. The van der Waals surface area contributed by atoms with E-state index in [1.807, 2.05) is 20.2 Å². The van der Waals surface area contributed by atoms with Crippen molar-refractivity contribution in [2.45, 2.75) is 6.42 Å². The number of aromatic nitrogens is 2. The molecule has 0 fully saturated rings. The number of nitrogens with zero attached hydrogens (tertiary/aromatic N) is 4. The van der Waals surface area contributed by atoms with Gasteiger partial charge in [-0.05, 0) is 47.2 Å². The Hall–Kier alpha value is -1.40. The van der Waals surface area contributed by atoms with Crippen LogP contribution in [0.4, 0.5) is 11.8 Å². The number of hydrogen-bond acceptors (Lipinski definition) is 6. The summed E-state index contributed by atoms with van der Waals surface area (Å²) in [7, 11) is 8.26. The van der Waals surface area contributed by atoms with Crippen molar-refractivity contribution in [3.63, 3.8) is 0 Å². The minimum absolute atomic E-state index is 0.680. The number of nitrogens with one attached hydrogen (secondary N) is 2. The van der Waals surface area contributed by atoms with Crippen LogP contribution in [0, 0.1) is 0 Å². The molecule has 0 aromatic carbocycles. The molecule has 1 heterocycles. The van der Waals surface area contributed by atoms with Crippen LogP contribution in [-0.4, -0.2) is 74.1 Å². The third-order valence-electron chi connectivity index (χ3n) is 2.59. The fraction of sp³-hybridized carbons (Fsp3) is 0.692. The lowest BCUT2D eigenvalue weighted by atomic mass is 10.4. The van der Waals surface area contributed by atoms with Gasteiger partial charge < -0.3 is 20.4 Å². The Morgan fingerprint density at radius 3 is 2.42 bits per heavy atom. The zero-order chi connectivity index (χ0) is 14.1. The van der Waals surface area contributed by atoms with E-state index in [9.17, 15) is 0 Å². The van der Waals surface area contributed by atoms with Crippen molar-refractivity contribution >= 4 is 11.8 Å². The summed E-state index contributed by atoms with van der Waals surface area (Å²) < 4.78 is 0. The van der Waals surface area contributed by atoms with E-state index in [0.29, 0.717) is 5.95 Å². The number of hydrogen-bond donors (Lipinski definition) is 2. The van der Waals surface area contributed by atoms with Gasteiger partial charge in [0.15, 0.2) is 0 Å². The highest BCUT2D eigenvalue weighted by Gasteiger charge is 1.99. The largest absolute Gasteiger partial charge is 0.370 e. The van der Waals surface area contributed by atoms with Gasteiger partial charge in [0.2, 0.25) is 5.95 Å². The average molecular weight is 266 g/mol. The minimum Gasteiger partial charge on any atom is -0.370 e. The van der Waals surface area contributed by atoms with Crippen LogP contribution in [0.5, 0.6) is 0 Å². The lowest BCUT2D eigenvalue weighted by molar-refractivity contribution is 0.405. The van der Waals surface area contributed by atoms with Crippen molar-refractivity contribution in [3.05, 3.63) is 12.3 Å². The molecular formula is C13H26N6. The van der Waals surface area contributed by atoms with Gasteiger partial charge in [-0.3, -0.25) is 0 Å². The van der Waals surface area contributed by atoms with Crippen molar-refractivity contribution < 1.29 is 0 Å². The van der Waals surface area contributed by atoms with Crippen molar-refractivity contribution in [2.24, 2.45) is 0 Å². The second-order valence-electron chi connectivity index (χ2n) is 5.08. The van der Waals surface area contributed by atoms with Crippen molar-refractivity contribution in [1.29, 1.82) is 0 Å². The first-order chi connectivity index (χ1) is 9.08. The molecule has 0 aliphatic heterocycles. The zero-order valence-corrected chi connectivity index (χ0v) is 12.5. The predicted molar refractivity (Wildman–Crippen MR) is 80.7 cm³/mol. The number of rotatable bonds is 9. The summed E-state index contributed by atoms with van der Waals surface area (Å²) in [5.74, 6) is 1.56. The topological polar surface area (TPSA) is 56.3 Å². The molecule has 0 aliphatic rings. The molecule has 6 heteroatoms. The fourth-order valence-corrected chi connectivity index (χ4v) is 1.55. The van der Waals surface area contributed by atoms with Gasteiger partial charge in [-0.15, -0.1) is 0 Å². The summed E-state index contributed by atoms with van der Waals surface area (Å²) in [6, 6.07) is 1.90. The summed E-state index contributed by atoms with van der Waals surface area (Å²) in [6.45, 7) is 3.80. The molecule has 0 atom stereocenters. The first-order valence-electron chi connectivity index (χ1n) is 6.68. The van der Waals surface area contributed by atoms with Crippen LogP contribution in [-0.2, 0) is 0 Å². The van der Waals surface area contributed by atoms with Gasteiger partial charge in [-0.25, -0.2) is 4.98 Å². The van der Waals surface area contributed by atoms with E-state index < -0.39 is 0 Å². The van der Waals surface area contributed by atoms with Crippen molar-refractivity contribution in [1.82, 2.24) is 19.8 Å². The number of anilines is 2. The molecule has 2 N–H and O–H groups in total. The molecule has 1 aromatic heterocycles. The molecule has 0 unspecified atom stereocenters. The van der Waals surface area contributed by atoms with E-state index in [1.165, 1.54) is 0 Å². The monoisotopic (exact) mass is 266 g/mol. The van der Waals surface area contributed by atoms with Gasteiger partial charge in [0.1, 0.15) is 5.82 Å². The minimum atomic E-state index is 0.680. The maximum Gasteiger partial charge on any atom is 0.224 e. The smallest absolute Gasteiger partial charge is 0.224 e. The third-order valence-corrected chi connectivity index (χ3v) is 2.59. The Labute approximate surface area is 116 Å². The first kappa shape index (κ1) is 15.7. The maximum absolute atomic E-state index is 4.42. The Morgan fingerprint density at radius 1 is 1.00 bits per heavy atom. The van der Waals surface area contributed by atoms with Crippen LogP contribution in [0.1, 0.15) is 6.42 Å².